The third-order valence-corrected chi connectivity index (χ3v) is 19.4. The molecule has 0 saturated carbocycles. The van der Waals surface area contributed by atoms with E-state index >= 15 is 8.78 Å². The molecule has 16 nitrogen and oxygen atoms in total. The molecule has 8 bridgehead atoms. The number of nitrogens with one attached hydrogen (secondary N) is 2. The number of hydrogen-bond acceptors (Lipinski definition) is 13. The maximum Gasteiger partial charge on any atom is 0.273 e. The Morgan fingerprint density at radius 1 is 0.922 bits per heavy atom. The van der Waals surface area contributed by atoms with Gasteiger partial charge in [-0.25, -0.2) is 27.2 Å². The topological polar surface area (TPSA) is 193 Å². The number of ether oxygens (including phenoxy) is 1. The number of halogens is 2. The summed E-state index contributed by atoms with van der Waals surface area (Å²) in [4.78, 5) is 81.3. The minimum Gasteiger partial charge on any atom is -0.381 e. The van der Waals surface area contributed by atoms with E-state index in [-0.39, 0.29) is 71.1 Å². The van der Waals surface area contributed by atoms with E-state index in [2.05, 4.69) is 20.5 Å². The first-order valence-corrected chi connectivity index (χ1v) is 30.9. The molecule has 0 spiro atoms. The van der Waals surface area contributed by atoms with Crippen LogP contribution in [0.4, 0.5) is 14.6 Å². The van der Waals surface area contributed by atoms with Crippen molar-refractivity contribution in [1.29, 1.82) is 0 Å². The van der Waals surface area contributed by atoms with Crippen LogP contribution in [0.1, 0.15) is 184 Å². The van der Waals surface area contributed by atoms with Crippen LogP contribution in [0.15, 0.2) is 46.8 Å². The molecule has 4 amide bonds. The van der Waals surface area contributed by atoms with Crippen molar-refractivity contribution in [3.05, 3.63) is 85.1 Å². The van der Waals surface area contributed by atoms with Crippen molar-refractivity contribution < 1.29 is 41.1 Å². The summed E-state index contributed by atoms with van der Waals surface area (Å²) in [7, 11) is -1.41. The van der Waals surface area contributed by atoms with Crippen molar-refractivity contribution in [2.24, 2.45) is 5.92 Å². The Morgan fingerprint density at radius 3 is 2.42 bits per heavy atom. The second-order valence-electron chi connectivity index (χ2n) is 22.4. The highest BCUT2D eigenvalue weighted by Crippen LogP contribution is 2.40. The number of carbonyl (C=O) groups is 4. The number of thiophene rings is 1. The van der Waals surface area contributed by atoms with Crippen molar-refractivity contribution in [1.82, 2.24) is 34.6 Å². The van der Waals surface area contributed by atoms with E-state index in [1.165, 1.54) is 23.7 Å². The number of carbonyl (C=O) groups excluding carboxylic acids is 4. The zero-order valence-corrected chi connectivity index (χ0v) is 46.4. The monoisotopic (exact) mass is 1100 g/mol. The van der Waals surface area contributed by atoms with E-state index in [1.807, 2.05) is 29.0 Å². The highest BCUT2D eigenvalue weighted by Gasteiger charge is 2.42. The molecule has 0 aliphatic carbocycles. The van der Waals surface area contributed by atoms with Crippen molar-refractivity contribution in [2.45, 2.75) is 172 Å². The zero-order chi connectivity index (χ0) is 54.3. The van der Waals surface area contributed by atoms with Gasteiger partial charge in [0.2, 0.25) is 17.7 Å². The molecule has 77 heavy (non-hydrogen) atoms. The number of hydrogen-bond donors (Lipinski definition) is 2. The average Bonchev–Trinajstić information content (AvgIpc) is 4.02. The molecule has 3 saturated heterocycles. The molecule has 2 N–H and O–H groups in total. The van der Waals surface area contributed by atoms with E-state index in [0.717, 1.165) is 94.0 Å². The van der Waals surface area contributed by atoms with Crippen LogP contribution in [0.2, 0.25) is 0 Å². The smallest absolute Gasteiger partial charge is 0.273 e. The molecular weight excluding hydrogens is 1030 g/mol. The standard InChI is InChI=1S/C57H76F2N8O8S2/c1-38-41-15-14-16-42(29-41)57(58,59)31-39-32-65(33-39)24-12-13-25-75-26-21-43(67-53-45(52(62-38)60-37-61-53)30-44(56(67)72)40-22-27-77(73,74)28-23-40)17-10-8-6-4-3-5-7-9-11-18-51(69)64(2)35-49-46-34-66(55(71)47(46)36-76-49)48-19-20-50(68)63-54(48)70/h14-16,29-30,36-40,43,48H,3-13,17-28,31-35H2,1-2H3,(H,60,61,62)(H,63,68,70)/t38-,43?,48?/m1/s1. The predicted molar refractivity (Wildman–Crippen MR) is 293 cm³/mol. The van der Waals surface area contributed by atoms with Gasteiger partial charge in [-0.15, -0.1) is 11.3 Å². The lowest BCUT2D eigenvalue weighted by molar-refractivity contribution is -0.137. The van der Waals surface area contributed by atoms with Gasteiger partial charge in [-0.1, -0.05) is 69.6 Å². The molecule has 418 valence electrons. The van der Waals surface area contributed by atoms with Crippen LogP contribution in [0.5, 0.6) is 0 Å². The van der Waals surface area contributed by atoms with E-state index in [0.29, 0.717) is 105 Å². The molecule has 20 heteroatoms. The average molecular weight is 1100 g/mol. The molecule has 0 radical (unpaired) electrons. The quantitative estimate of drug-likeness (QED) is 0.0800. The van der Waals surface area contributed by atoms with Gasteiger partial charge in [-0.2, -0.15) is 0 Å². The normalized spacial score (nSPS) is 24.1. The SMILES string of the molecule is C[C@H]1Nc2ncnc3c2cc(C2CCS(=O)(=O)CC2)c(=O)n3C(CCCCCCCCCCCC(=O)N(C)Cc2scc3c2CN(C2CCC(=O)NC2=O)C3=O)CCOCCCCN2CC(C2)CC(F)(F)c2cccc1c2. The summed E-state index contributed by atoms with van der Waals surface area (Å²) in [6, 6.07) is 7.11. The fourth-order valence-corrected chi connectivity index (χ4v) is 14.7. The third kappa shape index (κ3) is 13.8. The molecule has 4 aromatic rings. The van der Waals surface area contributed by atoms with E-state index in [1.54, 1.807) is 29.0 Å². The minimum absolute atomic E-state index is 0.00763. The summed E-state index contributed by atoms with van der Waals surface area (Å²) in [5.41, 5.74) is 2.97. The van der Waals surface area contributed by atoms with Crippen molar-refractivity contribution in [3.8, 4) is 0 Å². The fourth-order valence-electron chi connectivity index (χ4n) is 12.1. The number of nitrogens with zero attached hydrogens (tertiary/aromatic N) is 6. The molecule has 3 atom stereocenters. The molecule has 6 aliphatic heterocycles. The molecule has 2 unspecified atom stereocenters. The number of unbranched alkanes of at least 4 members (excludes halogenated alkanes) is 8. The van der Waals surface area contributed by atoms with Crippen LogP contribution in [0.25, 0.3) is 11.0 Å². The Balaban J connectivity index is 0.796. The number of piperidine rings is 1. The number of amides is 4. The minimum atomic E-state index is -3.20. The van der Waals surface area contributed by atoms with Gasteiger partial charge < -0.3 is 24.8 Å². The number of rotatable bonds is 16. The number of alkyl halides is 2. The summed E-state index contributed by atoms with van der Waals surface area (Å²) >= 11 is 1.46. The van der Waals surface area contributed by atoms with Gasteiger partial charge in [-0.3, -0.25) is 33.9 Å². The number of benzene rings is 1. The number of anilines is 1. The molecule has 9 heterocycles. The predicted octanol–water partition coefficient (Wildman–Crippen LogP) is 9.18. The Kier molecular flexibility index (Phi) is 18.6. The van der Waals surface area contributed by atoms with Crippen molar-refractivity contribution in [2.75, 3.05) is 56.7 Å². The van der Waals surface area contributed by atoms with Crippen LogP contribution in [-0.2, 0) is 48.0 Å². The number of sulfone groups is 1. The Labute approximate surface area is 455 Å². The van der Waals surface area contributed by atoms with Gasteiger partial charge in [0.15, 0.2) is 0 Å². The number of aromatic nitrogens is 3. The van der Waals surface area contributed by atoms with Gasteiger partial charge in [-0.05, 0) is 99.9 Å². The van der Waals surface area contributed by atoms with Crippen molar-refractivity contribution in [3.63, 3.8) is 0 Å². The second-order valence-corrected chi connectivity index (χ2v) is 25.6. The van der Waals surface area contributed by atoms with Crippen LogP contribution in [0, 0.1) is 5.92 Å². The maximum absolute atomic E-state index is 15.8. The van der Waals surface area contributed by atoms with Crippen LogP contribution < -0.4 is 16.2 Å². The van der Waals surface area contributed by atoms with E-state index in [4.69, 9.17) is 9.72 Å². The molecule has 3 aromatic heterocycles. The summed E-state index contributed by atoms with van der Waals surface area (Å²) in [6.07, 6.45) is 14.9. The molecular formula is C57H76F2N8O8S2. The highest BCUT2D eigenvalue weighted by molar-refractivity contribution is 7.91. The fraction of sp³-hybridized carbons (Fsp3) is 0.632. The van der Waals surface area contributed by atoms with Crippen LogP contribution in [0.3, 0.4) is 0 Å². The van der Waals surface area contributed by atoms with E-state index < -0.39 is 33.8 Å². The lowest BCUT2D eigenvalue weighted by Gasteiger charge is -2.41. The van der Waals surface area contributed by atoms with Gasteiger partial charge in [0, 0.05) is 92.6 Å². The Hall–Kier alpha value is -5.18. The first-order valence-electron chi connectivity index (χ1n) is 28.2. The van der Waals surface area contributed by atoms with Gasteiger partial charge in [0.25, 0.3) is 17.4 Å². The van der Waals surface area contributed by atoms with Crippen molar-refractivity contribution >= 4 is 61.7 Å². The first-order chi connectivity index (χ1) is 37.0. The number of pyridine rings is 1. The molecule has 6 aliphatic rings. The van der Waals surface area contributed by atoms with Crippen LogP contribution in [-0.4, -0.2) is 119 Å². The molecule has 1 aromatic carbocycles. The molecule has 3 fully saturated rings. The Morgan fingerprint density at radius 2 is 1.66 bits per heavy atom. The van der Waals surface area contributed by atoms with E-state index in [9.17, 15) is 32.4 Å². The summed E-state index contributed by atoms with van der Waals surface area (Å²) in [5.74, 6) is -3.73. The lowest BCUT2D eigenvalue weighted by atomic mass is 9.89. The second kappa shape index (κ2) is 25.3. The van der Waals surface area contributed by atoms with Gasteiger partial charge >= 0.3 is 0 Å². The first kappa shape index (κ1) is 56.5. The number of imide groups is 1. The summed E-state index contributed by atoms with van der Waals surface area (Å²) in [6.45, 7) is 5.78. The summed E-state index contributed by atoms with van der Waals surface area (Å²) < 4.78 is 64.9. The zero-order valence-electron chi connectivity index (χ0n) is 44.7. The van der Waals surface area contributed by atoms with Gasteiger partial charge in [0.05, 0.1) is 29.0 Å². The highest BCUT2D eigenvalue weighted by atomic mass is 32.2. The summed E-state index contributed by atoms with van der Waals surface area (Å²) in [5, 5.41) is 8.27. The Bertz CT molecular complexity index is 2930. The largest absolute Gasteiger partial charge is 0.381 e. The maximum atomic E-state index is 15.8. The third-order valence-electron chi connectivity index (χ3n) is 16.7. The molecule has 10 rings (SSSR count). The van der Waals surface area contributed by atoms with Crippen LogP contribution >= 0.6 is 11.3 Å². The number of fused-ring (bicyclic) bond motifs is 10. The van der Waals surface area contributed by atoms with Gasteiger partial charge in [0.1, 0.15) is 33.7 Å². The lowest BCUT2D eigenvalue weighted by Crippen LogP contribution is -2.52.